The highest BCUT2D eigenvalue weighted by Crippen LogP contribution is 2.37. The molecule has 0 spiro atoms. The summed E-state index contributed by atoms with van der Waals surface area (Å²) in [5, 5.41) is 12.7. The lowest BCUT2D eigenvalue weighted by molar-refractivity contribution is -0.147. The number of fused-ring (bicyclic) bond motifs is 1. The maximum Gasteiger partial charge on any atom is 0.306 e. The minimum Gasteiger partial charge on any atom is -0.456 e. The number of ether oxygens (including phenoxy) is 1. The van der Waals surface area contributed by atoms with Crippen LogP contribution in [0.25, 0.3) is 0 Å². The number of nitrogens with zero attached hydrogens (tertiary/aromatic N) is 1. The Kier molecular flexibility index (Phi) is 6.25. The van der Waals surface area contributed by atoms with Crippen LogP contribution in [-0.2, 0) is 27.2 Å². The first kappa shape index (κ1) is 19.1. The number of hydrogen-bond acceptors (Lipinski definition) is 5. The number of carbonyl (C=O) groups is 2. The van der Waals surface area contributed by atoms with Crippen LogP contribution in [0.5, 0.6) is 0 Å². The number of benzene rings is 1. The van der Waals surface area contributed by atoms with Crippen LogP contribution >= 0.6 is 11.3 Å². The number of carbonyl (C=O) groups excluding carboxylic acids is 2. The molecule has 0 bridgehead atoms. The summed E-state index contributed by atoms with van der Waals surface area (Å²) in [6.07, 6.45) is 4.24. The molecule has 1 aromatic carbocycles. The Bertz CT molecular complexity index is 868. The highest BCUT2D eigenvalue weighted by molar-refractivity contribution is 7.16. The highest BCUT2D eigenvalue weighted by atomic mass is 32.1. The van der Waals surface area contributed by atoms with E-state index in [1.54, 1.807) is 0 Å². The number of esters is 1. The van der Waals surface area contributed by atoms with Crippen molar-refractivity contribution in [3.63, 3.8) is 0 Å². The average molecular weight is 382 g/mol. The minimum atomic E-state index is -0.411. The van der Waals surface area contributed by atoms with Gasteiger partial charge in [0.05, 0.1) is 12.0 Å². The molecule has 1 atom stereocenters. The van der Waals surface area contributed by atoms with E-state index in [0.717, 1.165) is 36.8 Å². The molecule has 1 heterocycles. The van der Waals surface area contributed by atoms with Gasteiger partial charge in [-0.05, 0) is 42.7 Å². The van der Waals surface area contributed by atoms with Crippen molar-refractivity contribution >= 4 is 28.2 Å². The second-order valence-electron chi connectivity index (χ2n) is 6.75. The van der Waals surface area contributed by atoms with Gasteiger partial charge in [-0.3, -0.25) is 9.59 Å². The fourth-order valence-corrected chi connectivity index (χ4v) is 4.55. The molecular weight excluding hydrogens is 360 g/mol. The van der Waals surface area contributed by atoms with Gasteiger partial charge in [-0.2, -0.15) is 5.26 Å². The monoisotopic (exact) mass is 382 g/mol. The second kappa shape index (κ2) is 8.83. The lowest BCUT2D eigenvalue weighted by Gasteiger charge is -2.11. The Hall–Kier alpha value is -2.65. The molecule has 0 saturated heterocycles. The number of aryl methyl sites for hydroxylation is 1. The van der Waals surface area contributed by atoms with Crippen LogP contribution in [0.3, 0.4) is 0 Å². The van der Waals surface area contributed by atoms with Crippen molar-refractivity contribution in [3.8, 4) is 6.07 Å². The number of amides is 1. The largest absolute Gasteiger partial charge is 0.456 e. The number of rotatable bonds is 6. The van der Waals surface area contributed by atoms with Crippen molar-refractivity contribution < 1.29 is 14.3 Å². The van der Waals surface area contributed by atoms with E-state index in [4.69, 9.17) is 4.74 Å². The number of nitrogens with one attached hydrogen (secondary N) is 1. The Morgan fingerprint density at radius 2 is 2.00 bits per heavy atom. The first-order valence-electron chi connectivity index (χ1n) is 9.13. The molecule has 5 nitrogen and oxygen atoms in total. The minimum absolute atomic E-state index is 0.0240. The first-order chi connectivity index (χ1) is 13.1. The third-order valence-electron chi connectivity index (χ3n) is 4.74. The molecule has 3 rings (SSSR count). The quantitative estimate of drug-likeness (QED) is 0.760. The van der Waals surface area contributed by atoms with Crippen LogP contribution in [0, 0.1) is 11.3 Å². The third-order valence-corrected chi connectivity index (χ3v) is 5.95. The molecule has 1 amide bonds. The Morgan fingerprint density at radius 1 is 1.26 bits per heavy atom. The van der Waals surface area contributed by atoms with Gasteiger partial charge >= 0.3 is 5.97 Å². The van der Waals surface area contributed by atoms with E-state index < -0.39 is 11.9 Å². The zero-order chi connectivity index (χ0) is 19.2. The van der Waals surface area contributed by atoms with Crippen LogP contribution < -0.4 is 5.32 Å². The molecule has 0 aliphatic heterocycles. The Labute approximate surface area is 163 Å². The molecule has 2 aromatic rings. The Morgan fingerprint density at radius 3 is 2.74 bits per heavy atom. The predicted octanol–water partition coefficient (Wildman–Crippen LogP) is 4.17. The van der Waals surface area contributed by atoms with Crippen LogP contribution in [0.4, 0.5) is 5.00 Å². The zero-order valence-corrected chi connectivity index (χ0v) is 16.1. The SMILES string of the molecule is C[C@H](CC(=O)OCC(=O)Nc1sc2c(c1C#N)CCCC2)c1ccccc1. The van der Waals surface area contributed by atoms with Crippen LogP contribution in [-0.4, -0.2) is 18.5 Å². The molecule has 6 heteroatoms. The third kappa shape index (κ3) is 4.75. The maximum absolute atomic E-state index is 12.2. The lowest BCUT2D eigenvalue weighted by atomic mass is 9.96. The highest BCUT2D eigenvalue weighted by Gasteiger charge is 2.22. The summed E-state index contributed by atoms with van der Waals surface area (Å²) in [7, 11) is 0. The standard InChI is InChI=1S/C21H22N2O3S/c1-14(15-7-3-2-4-8-15)11-20(25)26-13-19(24)23-21-17(12-22)16-9-5-6-10-18(16)27-21/h2-4,7-8,14H,5-6,9-11,13H2,1H3,(H,23,24)/t14-/m1/s1. The van der Waals surface area contributed by atoms with E-state index in [2.05, 4.69) is 11.4 Å². The molecule has 0 saturated carbocycles. The van der Waals surface area contributed by atoms with Crippen LogP contribution in [0.2, 0.25) is 0 Å². The van der Waals surface area contributed by atoms with Gasteiger partial charge in [-0.1, -0.05) is 37.3 Å². The summed E-state index contributed by atoms with van der Waals surface area (Å²) in [5.41, 5.74) is 2.69. The van der Waals surface area contributed by atoms with Crippen molar-refractivity contribution in [2.45, 2.75) is 44.9 Å². The molecule has 1 aliphatic rings. The lowest BCUT2D eigenvalue weighted by Crippen LogP contribution is -2.21. The van der Waals surface area contributed by atoms with E-state index in [1.165, 1.54) is 16.2 Å². The van der Waals surface area contributed by atoms with Gasteiger partial charge < -0.3 is 10.1 Å². The van der Waals surface area contributed by atoms with Crippen molar-refractivity contribution in [2.75, 3.05) is 11.9 Å². The number of nitriles is 1. The molecule has 0 fully saturated rings. The molecule has 1 aromatic heterocycles. The van der Waals surface area contributed by atoms with Gasteiger partial charge in [-0.25, -0.2) is 0 Å². The van der Waals surface area contributed by atoms with E-state index in [-0.39, 0.29) is 18.9 Å². The Balaban J connectivity index is 1.52. The van der Waals surface area contributed by atoms with Gasteiger partial charge in [0.1, 0.15) is 11.1 Å². The van der Waals surface area contributed by atoms with Crippen molar-refractivity contribution in [2.24, 2.45) is 0 Å². The smallest absolute Gasteiger partial charge is 0.306 e. The second-order valence-corrected chi connectivity index (χ2v) is 7.86. The van der Waals surface area contributed by atoms with E-state index in [9.17, 15) is 14.9 Å². The van der Waals surface area contributed by atoms with E-state index >= 15 is 0 Å². The van der Waals surface area contributed by atoms with Gasteiger partial charge in [0.25, 0.3) is 5.91 Å². The average Bonchev–Trinajstić information content (AvgIpc) is 3.03. The summed E-state index contributed by atoms with van der Waals surface area (Å²) in [6, 6.07) is 11.9. The molecule has 0 radical (unpaired) electrons. The summed E-state index contributed by atoms with van der Waals surface area (Å²) >= 11 is 1.46. The van der Waals surface area contributed by atoms with Gasteiger partial charge in [0, 0.05) is 4.88 Å². The van der Waals surface area contributed by atoms with E-state index in [1.807, 2.05) is 37.3 Å². The van der Waals surface area contributed by atoms with Crippen LogP contribution in [0.15, 0.2) is 30.3 Å². The van der Waals surface area contributed by atoms with Crippen molar-refractivity contribution in [1.82, 2.24) is 0 Å². The summed E-state index contributed by atoms with van der Waals surface area (Å²) in [6.45, 7) is 1.61. The molecule has 27 heavy (non-hydrogen) atoms. The van der Waals surface area contributed by atoms with Gasteiger partial charge in [-0.15, -0.1) is 11.3 Å². The van der Waals surface area contributed by atoms with Crippen LogP contribution in [0.1, 0.15) is 53.7 Å². The summed E-state index contributed by atoms with van der Waals surface area (Å²) < 4.78 is 5.11. The molecular formula is C21H22N2O3S. The van der Waals surface area contributed by atoms with Gasteiger partial charge in [0.2, 0.25) is 0 Å². The van der Waals surface area contributed by atoms with Gasteiger partial charge in [0.15, 0.2) is 6.61 Å². The molecule has 0 unspecified atom stereocenters. The topological polar surface area (TPSA) is 79.2 Å². The zero-order valence-electron chi connectivity index (χ0n) is 15.3. The van der Waals surface area contributed by atoms with Crippen molar-refractivity contribution in [3.05, 3.63) is 51.9 Å². The summed E-state index contributed by atoms with van der Waals surface area (Å²) in [4.78, 5) is 25.4. The maximum atomic E-state index is 12.2. The molecule has 1 aliphatic carbocycles. The number of thiophene rings is 1. The normalized spacial score (nSPS) is 13.9. The molecule has 1 N–H and O–H groups in total. The van der Waals surface area contributed by atoms with E-state index in [0.29, 0.717) is 10.6 Å². The fourth-order valence-electron chi connectivity index (χ4n) is 3.29. The van der Waals surface area contributed by atoms with Crippen molar-refractivity contribution in [1.29, 1.82) is 5.26 Å². The number of hydrogen-bond donors (Lipinski definition) is 1. The fraction of sp³-hybridized carbons (Fsp3) is 0.381. The molecule has 140 valence electrons. The summed E-state index contributed by atoms with van der Waals surface area (Å²) in [5.74, 6) is -0.797. The predicted molar refractivity (Wildman–Crippen MR) is 105 cm³/mol. The first-order valence-corrected chi connectivity index (χ1v) is 9.95. The number of anilines is 1.